The minimum Gasteiger partial charge on any atom is -0.381 e. The lowest BCUT2D eigenvalue weighted by Gasteiger charge is -2.14. The molecule has 1 aliphatic heterocycles. The van der Waals surface area contributed by atoms with E-state index in [9.17, 15) is 8.42 Å². The van der Waals surface area contributed by atoms with Crippen molar-refractivity contribution in [2.45, 2.75) is 24.3 Å². The fourth-order valence-corrected chi connectivity index (χ4v) is 4.24. The number of nitrogens with two attached hydrogens (primary N) is 1. The third-order valence-electron chi connectivity index (χ3n) is 4.46. The highest BCUT2D eigenvalue weighted by molar-refractivity contribution is 7.89. The van der Waals surface area contributed by atoms with Crippen molar-refractivity contribution in [1.82, 2.24) is 29.5 Å². The zero-order chi connectivity index (χ0) is 19.7. The Morgan fingerprint density at radius 2 is 2.21 bits per heavy atom. The Kier molecular flexibility index (Phi) is 4.79. The van der Waals surface area contributed by atoms with E-state index in [-0.39, 0.29) is 16.8 Å². The number of benzene rings is 1. The van der Waals surface area contributed by atoms with Crippen molar-refractivity contribution in [2.24, 2.45) is 0 Å². The Balaban J connectivity index is 1.73. The summed E-state index contributed by atoms with van der Waals surface area (Å²) in [5, 5.41) is 4.02. The van der Waals surface area contributed by atoms with E-state index in [0.29, 0.717) is 36.7 Å². The summed E-state index contributed by atoms with van der Waals surface area (Å²) in [6.45, 7) is 2.80. The first-order valence-corrected chi connectivity index (χ1v) is 10.1. The van der Waals surface area contributed by atoms with Crippen molar-refractivity contribution >= 4 is 15.8 Å². The topological polar surface area (TPSA) is 138 Å². The molecule has 1 atom stereocenters. The second-order valence-corrected chi connectivity index (χ2v) is 8.18. The molecule has 146 valence electrons. The fraction of sp³-hybridized carbons (Fsp3) is 0.294. The van der Waals surface area contributed by atoms with Crippen LogP contribution in [0.15, 0.2) is 41.9 Å². The van der Waals surface area contributed by atoms with Gasteiger partial charge >= 0.3 is 0 Å². The van der Waals surface area contributed by atoms with Gasteiger partial charge in [-0.15, -0.1) is 0 Å². The third-order valence-corrected chi connectivity index (χ3v) is 5.98. The first-order chi connectivity index (χ1) is 13.4. The van der Waals surface area contributed by atoms with E-state index in [0.717, 1.165) is 5.56 Å². The Hall–Kier alpha value is -2.89. The summed E-state index contributed by atoms with van der Waals surface area (Å²) in [4.78, 5) is 12.7. The third kappa shape index (κ3) is 3.59. The largest absolute Gasteiger partial charge is 0.381 e. The van der Waals surface area contributed by atoms with E-state index in [2.05, 4.69) is 24.8 Å². The van der Waals surface area contributed by atoms with E-state index in [4.69, 9.17) is 10.5 Å². The van der Waals surface area contributed by atoms with Crippen molar-refractivity contribution in [3.05, 3.63) is 42.6 Å². The van der Waals surface area contributed by atoms with Gasteiger partial charge in [-0.25, -0.2) is 28.1 Å². The van der Waals surface area contributed by atoms with Crippen LogP contribution in [0.25, 0.3) is 17.1 Å². The number of nitrogens with one attached hydrogen (secondary N) is 1. The Morgan fingerprint density at radius 1 is 1.36 bits per heavy atom. The van der Waals surface area contributed by atoms with E-state index in [1.165, 1.54) is 23.5 Å². The number of hydrogen-bond acceptors (Lipinski definition) is 8. The minimum absolute atomic E-state index is 0.154. The normalized spacial score (nSPS) is 17.1. The number of rotatable bonds is 5. The molecule has 3 N–H and O–H groups in total. The molecule has 0 unspecified atom stereocenters. The van der Waals surface area contributed by atoms with Crippen molar-refractivity contribution in [2.75, 3.05) is 18.9 Å². The molecule has 0 radical (unpaired) electrons. The molecule has 1 aromatic carbocycles. The maximum atomic E-state index is 12.7. The monoisotopic (exact) mass is 401 g/mol. The van der Waals surface area contributed by atoms with E-state index >= 15 is 0 Å². The van der Waals surface area contributed by atoms with Gasteiger partial charge in [0.2, 0.25) is 10.0 Å². The molecule has 11 heteroatoms. The molecule has 3 heterocycles. The zero-order valence-corrected chi connectivity index (χ0v) is 15.9. The minimum atomic E-state index is -3.68. The molecule has 4 rings (SSSR count). The van der Waals surface area contributed by atoms with Crippen molar-refractivity contribution < 1.29 is 13.2 Å². The maximum Gasteiger partial charge on any atom is 0.240 e. The number of aromatic nitrogens is 5. The SMILES string of the molecule is Cc1ccc(S(=O)(=O)N[C@H]2CCOC2)cc1-c1cnc(N)c(-n2cncn2)n1. The number of nitrogen functional groups attached to an aromatic ring is 1. The van der Waals surface area contributed by atoms with E-state index in [1.54, 1.807) is 18.2 Å². The molecule has 28 heavy (non-hydrogen) atoms. The van der Waals surface area contributed by atoms with Crippen LogP contribution < -0.4 is 10.5 Å². The van der Waals surface area contributed by atoms with Crippen LogP contribution in [0.3, 0.4) is 0 Å². The lowest BCUT2D eigenvalue weighted by atomic mass is 10.1. The lowest BCUT2D eigenvalue weighted by Crippen LogP contribution is -2.35. The Bertz CT molecular complexity index is 1090. The van der Waals surface area contributed by atoms with Crippen LogP contribution in [0.5, 0.6) is 0 Å². The summed E-state index contributed by atoms with van der Waals surface area (Å²) in [5.41, 5.74) is 7.88. The number of sulfonamides is 1. The molecule has 0 spiro atoms. The van der Waals surface area contributed by atoms with E-state index in [1.807, 2.05) is 6.92 Å². The van der Waals surface area contributed by atoms with Gasteiger partial charge in [0, 0.05) is 18.2 Å². The summed E-state index contributed by atoms with van der Waals surface area (Å²) in [5.74, 6) is 0.516. The molecule has 0 bridgehead atoms. The maximum absolute atomic E-state index is 12.7. The summed E-state index contributed by atoms with van der Waals surface area (Å²) in [6, 6.07) is 4.67. The highest BCUT2D eigenvalue weighted by Crippen LogP contribution is 2.26. The highest BCUT2D eigenvalue weighted by Gasteiger charge is 2.24. The van der Waals surface area contributed by atoms with Gasteiger partial charge < -0.3 is 10.5 Å². The quantitative estimate of drug-likeness (QED) is 0.636. The van der Waals surface area contributed by atoms with Crippen LogP contribution in [-0.2, 0) is 14.8 Å². The average molecular weight is 401 g/mol. The smallest absolute Gasteiger partial charge is 0.240 e. The van der Waals surface area contributed by atoms with Gasteiger partial charge in [0.05, 0.1) is 23.4 Å². The summed E-state index contributed by atoms with van der Waals surface area (Å²) < 4.78 is 34.8. The molecule has 0 amide bonds. The molecule has 10 nitrogen and oxygen atoms in total. The van der Waals surface area contributed by atoms with Gasteiger partial charge in [-0.1, -0.05) is 6.07 Å². The lowest BCUT2D eigenvalue weighted by molar-refractivity contribution is 0.192. The molecule has 1 saturated heterocycles. The number of ether oxygens (including phenoxy) is 1. The van der Waals surface area contributed by atoms with Crippen LogP contribution >= 0.6 is 0 Å². The first-order valence-electron chi connectivity index (χ1n) is 8.62. The van der Waals surface area contributed by atoms with Crippen LogP contribution in [0.4, 0.5) is 5.82 Å². The van der Waals surface area contributed by atoms with Gasteiger partial charge in [-0.2, -0.15) is 9.78 Å². The van der Waals surface area contributed by atoms with Gasteiger partial charge in [0.1, 0.15) is 12.7 Å². The number of hydrogen-bond donors (Lipinski definition) is 2. The predicted octanol–water partition coefficient (Wildman–Crippen LogP) is 0.682. The van der Waals surface area contributed by atoms with Crippen molar-refractivity contribution in [1.29, 1.82) is 0 Å². The van der Waals surface area contributed by atoms with Gasteiger partial charge in [0.25, 0.3) is 0 Å². The molecular weight excluding hydrogens is 382 g/mol. The predicted molar refractivity (Wildman–Crippen MR) is 101 cm³/mol. The summed E-state index contributed by atoms with van der Waals surface area (Å²) >= 11 is 0. The highest BCUT2D eigenvalue weighted by atomic mass is 32.2. The molecule has 1 aliphatic rings. The Labute approximate surface area is 161 Å². The van der Waals surface area contributed by atoms with Crippen LogP contribution in [0.2, 0.25) is 0 Å². The number of anilines is 1. The first kappa shape index (κ1) is 18.5. The molecule has 1 fully saturated rings. The van der Waals surface area contributed by atoms with Crippen LogP contribution in [0.1, 0.15) is 12.0 Å². The van der Waals surface area contributed by atoms with E-state index < -0.39 is 10.0 Å². The molecular formula is C17H19N7O3S. The molecule has 0 aliphatic carbocycles. The number of nitrogens with zero attached hydrogens (tertiary/aromatic N) is 5. The molecule has 2 aromatic heterocycles. The average Bonchev–Trinajstić information content (AvgIpc) is 3.36. The van der Waals surface area contributed by atoms with Gasteiger partial charge in [-0.3, -0.25) is 0 Å². The zero-order valence-electron chi connectivity index (χ0n) is 15.1. The van der Waals surface area contributed by atoms with Crippen LogP contribution in [-0.4, -0.2) is 52.4 Å². The molecule has 3 aromatic rings. The summed E-state index contributed by atoms with van der Waals surface area (Å²) in [6.07, 6.45) is 4.99. The Morgan fingerprint density at radius 3 is 2.93 bits per heavy atom. The van der Waals surface area contributed by atoms with Crippen molar-refractivity contribution in [3.8, 4) is 17.1 Å². The molecule has 0 saturated carbocycles. The van der Waals surface area contributed by atoms with Gasteiger partial charge in [0.15, 0.2) is 11.6 Å². The fourth-order valence-electron chi connectivity index (χ4n) is 2.96. The second kappa shape index (κ2) is 7.26. The second-order valence-electron chi connectivity index (χ2n) is 6.46. The van der Waals surface area contributed by atoms with Gasteiger partial charge in [-0.05, 0) is 31.0 Å². The standard InChI is InChI=1S/C17H19N7O3S/c1-11-2-3-13(28(25,26)23-12-4-5-27-8-12)6-14(11)15-7-20-16(18)17(22-15)24-10-19-9-21-24/h2-3,6-7,9-10,12,23H,4-5,8H2,1H3,(H2,18,20)/t12-/m0/s1. The number of aryl methyl sites for hydroxylation is 1. The van der Waals surface area contributed by atoms with Crippen LogP contribution in [0, 0.1) is 6.92 Å². The summed E-state index contributed by atoms with van der Waals surface area (Å²) in [7, 11) is -3.68. The van der Waals surface area contributed by atoms with Crippen molar-refractivity contribution in [3.63, 3.8) is 0 Å².